The van der Waals surface area contributed by atoms with E-state index in [-0.39, 0.29) is 29.9 Å². The van der Waals surface area contributed by atoms with E-state index in [1.54, 1.807) is 17.0 Å². The van der Waals surface area contributed by atoms with Crippen LogP contribution in [0, 0.1) is 0 Å². The van der Waals surface area contributed by atoms with Gasteiger partial charge in [0.15, 0.2) is 0 Å². The third-order valence-corrected chi connectivity index (χ3v) is 6.25. The molecule has 0 bridgehead atoms. The molecule has 0 spiro atoms. The van der Waals surface area contributed by atoms with Gasteiger partial charge in [-0.1, -0.05) is 0 Å². The van der Waals surface area contributed by atoms with Crippen LogP contribution in [-0.2, 0) is 19.6 Å². The summed E-state index contributed by atoms with van der Waals surface area (Å²) in [6.45, 7) is 6.76. The molecule has 2 heterocycles. The van der Waals surface area contributed by atoms with Gasteiger partial charge < -0.3 is 9.64 Å². The van der Waals surface area contributed by atoms with Crippen LogP contribution < -0.4 is 4.31 Å². The van der Waals surface area contributed by atoms with Crippen molar-refractivity contribution in [1.29, 1.82) is 0 Å². The van der Waals surface area contributed by atoms with Crippen LogP contribution in [0.3, 0.4) is 0 Å². The Bertz CT molecular complexity index is 801. The maximum Gasteiger partial charge on any atom is 0.254 e. The Morgan fingerprint density at radius 1 is 1.24 bits per heavy atom. The van der Waals surface area contributed by atoms with Crippen LogP contribution in [0.2, 0.25) is 0 Å². The van der Waals surface area contributed by atoms with Gasteiger partial charge in [0.1, 0.15) is 0 Å². The first-order valence-corrected chi connectivity index (χ1v) is 9.82. The maximum absolute atomic E-state index is 12.9. The molecule has 1 aromatic carbocycles. The van der Waals surface area contributed by atoms with E-state index in [0.717, 1.165) is 4.31 Å². The molecule has 0 aromatic heterocycles. The second-order valence-corrected chi connectivity index (χ2v) is 9.06. The molecule has 25 heavy (non-hydrogen) atoms. The molecule has 0 N–H and O–H groups in total. The Morgan fingerprint density at radius 2 is 1.88 bits per heavy atom. The van der Waals surface area contributed by atoms with E-state index >= 15 is 0 Å². The molecule has 1 aromatic rings. The first-order chi connectivity index (χ1) is 11.6. The number of hydrogen-bond donors (Lipinski definition) is 0. The number of morpholine rings is 1. The van der Waals surface area contributed by atoms with Crippen LogP contribution in [0.4, 0.5) is 5.69 Å². The molecule has 0 saturated carbocycles. The monoisotopic (exact) mass is 366 g/mol. The van der Waals surface area contributed by atoms with Crippen LogP contribution in [-0.4, -0.2) is 55.7 Å². The van der Waals surface area contributed by atoms with Gasteiger partial charge in [0, 0.05) is 18.5 Å². The molecule has 2 fully saturated rings. The van der Waals surface area contributed by atoms with Gasteiger partial charge in [0.2, 0.25) is 15.9 Å². The summed E-state index contributed by atoms with van der Waals surface area (Å²) in [5, 5.41) is 0. The minimum atomic E-state index is -3.60. The lowest BCUT2D eigenvalue weighted by Crippen LogP contribution is -2.57. The third kappa shape index (κ3) is 3.28. The van der Waals surface area contributed by atoms with Crippen molar-refractivity contribution < 1.29 is 22.7 Å². The number of sulfonamides is 1. The van der Waals surface area contributed by atoms with Crippen molar-refractivity contribution in [3.05, 3.63) is 29.8 Å². The fraction of sp³-hybridized carbons (Fsp3) is 0.529. The normalized spacial score (nSPS) is 25.2. The third-order valence-electron chi connectivity index (χ3n) is 4.56. The van der Waals surface area contributed by atoms with Gasteiger partial charge in [-0.15, -0.1) is 0 Å². The zero-order valence-corrected chi connectivity index (χ0v) is 15.4. The number of carbonyl (C=O) groups is 2. The standard InChI is InChI=1S/C17H22N2O5S/c1-12-10-18(17(2,3)11-24-12)16(21)13-4-6-14(7-5-13)19-15(20)8-9-25(19,22)23/h4-7,12H,8-11H2,1-3H3. The Kier molecular flexibility index (Phi) is 4.36. The Morgan fingerprint density at radius 3 is 2.44 bits per heavy atom. The lowest BCUT2D eigenvalue weighted by atomic mass is 9.99. The molecule has 1 atom stereocenters. The lowest BCUT2D eigenvalue weighted by molar-refractivity contribution is -0.116. The van der Waals surface area contributed by atoms with E-state index in [9.17, 15) is 18.0 Å². The van der Waals surface area contributed by atoms with Gasteiger partial charge in [-0.25, -0.2) is 12.7 Å². The summed E-state index contributed by atoms with van der Waals surface area (Å²) in [5.74, 6) is -0.753. The van der Waals surface area contributed by atoms with Crippen LogP contribution in [0.1, 0.15) is 37.6 Å². The molecule has 2 aliphatic rings. The number of anilines is 1. The molecule has 2 amide bonds. The highest BCUT2D eigenvalue weighted by molar-refractivity contribution is 7.94. The number of amides is 2. The van der Waals surface area contributed by atoms with Crippen molar-refractivity contribution in [2.75, 3.05) is 23.2 Å². The SMILES string of the molecule is CC1CN(C(=O)c2ccc(N3C(=O)CCS3(=O)=O)cc2)C(C)(C)CO1. The van der Waals surface area contributed by atoms with Crippen LogP contribution in [0.5, 0.6) is 0 Å². The van der Waals surface area contributed by atoms with Crippen molar-refractivity contribution in [2.24, 2.45) is 0 Å². The number of carbonyl (C=O) groups excluding carboxylic acids is 2. The van der Waals surface area contributed by atoms with Gasteiger partial charge in [-0.2, -0.15) is 0 Å². The van der Waals surface area contributed by atoms with Gasteiger partial charge in [0.25, 0.3) is 5.91 Å². The Balaban J connectivity index is 1.85. The van der Waals surface area contributed by atoms with Crippen molar-refractivity contribution in [3.63, 3.8) is 0 Å². The molecule has 8 heteroatoms. The molecule has 136 valence electrons. The van der Waals surface area contributed by atoms with E-state index in [4.69, 9.17) is 4.74 Å². The smallest absolute Gasteiger partial charge is 0.254 e. The Labute approximate surface area is 147 Å². The van der Waals surface area contributed by atoms with Crippen molar-refractivity contribution in [2.45, 2.75) is 38.8 Å². The van der Waals surface area contributed by atoms with E-state index in [2.05, 4.69) is 0 Å². The van der Waals surface area contributed by atoms with E-state index < -0.39 is 21.5 Å². The number of nitrogens with zero attached hydrogens (tertiary/aromatic N) is 2. The highest BCUT2D eigenvalue weighted by Gasteiger charge is 2.38. The summed E-state index contributed by atoms with van der Waals surface area (Å²) in [7, 11) is -3.60. The first kappa shape index (κ1) is 17.9. The summed E-state index contributed by atoms with van der Waals surface area (Å²) in [6, 6.07) is 6.14. The van der Waals surface area contributed by atoms with Crippen molar-refractivity contribution >= 4 is 27.5 Å². The summed E-state index contributed by atoms with van der Waals surface area (Å²) in [4.78, 5) is 26.5. The molecule has 1 unspecified atom stereocenters. The number of ether oxygens (including phenoxy) is 1. The largest absolute Gasteiger partial charge is 0.374 e. The van der Waals surface area contributed by atoms with Crippen molar-refractivity contribution in [1.82, 2.24) is 4.90 Å². The number of rotatable bonds is 2. The number of benzene rings is 1. The van der Waals surface area contributed by atoms with Crippen LogP contribution in [0.15, 0.2) is 24.3 Å². The molecule has 2 aliphatic heterocycles. The topological polar surface area (TPSA) is 84.0 Å². The second kappa shape index (κ2) is 6.10. The Hall–Kier alpha value is -1.93. The molecule has 7 nitrogen and oxygen atoms in total. The number of hydrogen-bond acceptors (Lipinski definition) is 5. The molecule has 3 rings (SSSR count). The minimum absolute atomic E-state index is 0.0110. The zero-order chi connectivity index (χ0) is 18.4. The lowest BCUT2D eigenvalue weighted by Gasteiger charge is -2.44. The van der Waals surface area contributed by atoms with Crippen LogP contribution >= 0.6 is 0 Å². The van der Waals surface area contributed by atoms with Gasteiger partial charge in [0.05, 0.1) is 29.7 Å². The fourth-order valence-electron chi connectivity index (χ4n) is 3.10. The molecular weight excluding hydrogens is 344 g/mol. The van der Waals surface area contributed by atoms with E-state index in [0.29, 0.717) is 18.7 Å². The average Bonchev–Trinajstić information content (AvgIpc) is 2.82. The fourth-order valence-corrected chi connectivity index (χ4v) is 4.56. The zero-order valence-electron chi connectivity index (χ0n) is 14.6. The van der Waals surface area contributed by atoms with Crippen molar-refractivity contribution in [3.8, 4) is 0 Å². The molecule has 0 radical (unpaired) electrons. The molecule has 0 aliphatic carbocycles. The minimum Gasteiger partial charge on any atom is -0.374 e. The predicted molar refractivity (Wildman–Crippen MR) is 92.9 cm³/mol. The highest BCUT2D eigenvalue weighted by Crippen LogP contribution is 2.28. The maximum atomic E-state index is 12.9. The summed E-state index contributed by atoms with van der Waals surface area (Å²) >= 11 is 0. The second-order valence-electron chi connectivity index (χ2n) is 7.12. The van der Waals surface area contributed by atoms with E-state index in [1.165, 1.54) is 12.1 Å². The van der Waals surface area contributed by atoms with Gasteiger partial charge in [-0.05, 0) is 45.0 Å². The van der Waals surface area contributed by atoms with Crippen LogP contribution in [0.25, 0.3) is 0 Å². The average molecular weight is 366 g/mol. The highest BCUT2D eigenvalue weighted by atomic mass is 32.2. The van der Waals surface area contributed by atoms with E-state index in [1.807, 2.05) is 20.8 Å². The first-order valence-electron chi connectivity index (χ1n) is 8.21. The van der Waals surface area contributed by atoms with Gasteiger partial charge >= 0.3 is 0 Å². The molecule has 2 saturated heterocycles. The van der Waals surface area contributed by atoms with Gasteiger partial charge in [-0.3, -0.25) is 9.59 Å². The predicted octanol–water partition coefficient (Wildman–Crippen LogP) is 1.39. The quantitative estimate of drug-likeness (QED) is 0.790. The molecular formula is C17H22N2O5S. The summed E-state index contributed by atoms with van der Waals surface area (Å²) < 4.78 is 30.4. The summed E-state index contributed by atoms with van der Waals surface area (Å²) in [5.41, 5.74) is 0.305. The summed E-state index contributed by atoms with van der Waals surface area (Å²) in [6.07, 6.45) is -0.0494.